The van der Waals surface area contributed by atoms with E-state index in [0.717, 1.165) is 5.56 Å². The predicted molar refractivity (Wildman–Crippen MR) is 84.3 cm³/mol. The molecule has 5 heteroatoms. The molecule has 0 spiro atoms. The van der Waals surface area contributed by atoms with E-state index < -0.39 is 0 Å². The Morgan fingerprint density at radius 3 is 2.62 bits per heavy atom. The second-order valence-corrected chi connectivity index (χ2v) is 5.19. The largest absolute Gasteiger partial charge is 0.449 e. The molecular weight excluding hydrogens is 288 g/mol. The summed E-state index contributed by atoms with van der Waals surface area (Å²) < 4.78 is 5.69. The first-order chi connectivity index (χ1) is 10.0. The van der Waals surface area contributed by atoms with Gasteiger partial charge in [-0.3, -0.25) is 4.79 Å². The Morgan fingerprint density at radius 2 is 1.90 bits per heavy atom. The van der Waals surface area contributed by atoms with Gasteiger partial charge in [-0.1, -0.05) is 23.7 Å². The van der Waals surface area contributed by atoms with Crippen LogP contribution in [0.1, 0.15) is 5.56 Å². The van der Waals surface area contributed by atoms with E-state index in [2.05, 4.69) is 0 Å². The van der Waals surface area contributed by atoms with Gasteiger partial charge in [0.15, 0.2) is 11.5 Å². The quantitative estimate of drug-likeness (QED) is 0.649. The van der Waals surface area contributed by atoms with Gasteiger partial charge in [0.1, 0.15) is 0 Å². The smallest absolute Gasteiger partial charge is 0.293 e. The predicted octanol–water partition coefficient (Wildman–Crippen LogP) is 3.32. The van der Waals surface area contributed by atoms with Crippen molar-refractivity contribution in [1.29, 1.82) is 0 Å². The number of hydrogen-bond donors (Lipinski definition) is 1. The minimum atomic E-state index is -0.206. The van der Waals surface area contributed by atoms with Crippen LogP contribution in [0.5, 0.6) is 5.75 Å². The van der Waals surface area contributed by atoms with E-state index in [0.29, 0.717) is 22.1 Å². The van der Waals surface area contributed by atoms with Crippen molar-refractivity contribution in [3.8, 4) is 5.75 Å². The van der Waals surface area contributed by atoms with Gasteiger partial charge in [0.25, 0.3) is 5.91 Å². The van der Waals surface area contributed by atoms with Crippen LogP contribution in [-0.4, -0.2) is 13.0 Å². The zero-order valence-electron chi connectivity index (χ0n) is 11.3. The van der Waals surface area contributed by atoms with Crippen LogP contribution in [0.2, 0.25) is 5.02 Å². The molecule has 0 fully saturated rings. The Labute approximate surface area is 127 Å². The number of amides is 1. The molecule has 1 amide bonds. The molecule has 0 saturated heterocycles. The van der Waals surface area contributed by atoms with E-state index in [-0.39, 0.29) is 11.7 Å². The van der Waals surface area contributed by atoms with Crippen molar-refractivity contribution in [1.82, 2.24) is 0 Å². The number of ether oxygens (including phenoxy) is 1. The van der Waals surface area contributed by atoms with E-state index in [1.54, 1.807) is 48.4 Å². The van der Waals surface area contributed by atoms with Gasteiger partial charge in [0, 0.05) is 23.8 Å². The highest BCUT2D eigenvalue weighted by Gasteiger charge is 2.27. The fourth-order valence-electron chi connectivity index (χ4n) is 2.13. The van der Waals surface area contributed by atoms with Crippen molar-refractivity contribution < 1.29 is 9.53 Å². The summed E-state index contributed by atoms with van der Waals surface area (Å²) in [6.07, 6.45) is 1.68. The lowest BCUT2D eigenvalue weighted by molar-refractivity contribution is -0.117. The monoisotopic (exact) mass is 300 g/mol. The molecule has 2 aromatic carbocycles. The third kappa shape index (κ3) is 2.58. The number of hydrogen-bond acceptors (Lipinski definition) is 3. The molecule has 1 heterocycles. The lowest BCUT2D eigenvalue weighted by Crippen LogP contribution is -2.33. The van der Waals surface area contributed by atoms with E-state index in [9.17, 15) is 4.79 Å². The Kier molecular flexibility index (Phi) is 3.31. The van der Waals surface area contributed by atoms with E-state index in [1.807, 2.05) is 12.1 Å². The Hall–Kier alpha value is -2.46. The molecule has 0 aliphatic carbocycles. The van der Waals surface area contributed by atoms with E-state index >= 15 is 0 Å². The lowest BCUT2D eigenvalue weighted by Gasteiger charge is -2.27. The number of carbonyl (C=O) groups is 1. The minimum Gasteiger partial charge on any atom is -0.449 e. The lowest BCUT2D eigenvalue weighted by atomic mass is 10.1. The number of benzene rings is 2. The van der Waals surface area contributed by atoms with Crippen molar-refractivity contribution in [3.05, 3.63) is 58.8 Å². The highest BCUT2D eigenvalue weighted by atomic mass is 35.5. The molecule has 2 aromatic rings. The molecule has 0 atom stereocenters. The number of carbonyl (C=O) groups excluding carboxylic acids is 1. The number of nitrogens with zero attached hydrogens (tertiary/aromatic N) is 1. The number of nitrogen functional groups attached to an aromatic ring is 1. The molecule has 4 nitrogen and oxygen atoms in total. The molecule has 0 radical (unpaired) electrons. The number of likely N-dealkylation sites (N-methyl/N-ethyl adjacent to an activating group) is 1. The van der Waals surface area contributed by atoms with Crippen LogP contribution in [0.3, 0.4) is 0 Å². The maximum Gasteiger partial charge on any atom is 0.293 e. The fraction of sp³-hybridized carbons (Fsp3) is 0.0625. The second-order valence-electron chi connectivity index (χ2n) is 4.75. The Bertz CT molecular complexity index is 738. The average Bonchev–Trinajstić information content (AvgIpc) is 2.46. The highest BCUT2D eigenvalue weighted by molar-refractivity contribution is 6.30. The first-order valence-corrected chi connectivity index (χ1v) is 6.75. The summed E-state index contributed by atoms with van der Waals surface area (Å²) >= 11 is 5.85. The van der Waals surface area contributed by atoms with Crippen molar-refractivity contribution in [2.24, 2.45) is 0 Å². The molecule has 106 valence electrons. The second kappa shape index (κ2) is 5.14. The van der Waals surface area contributed by atoms with Gasteiger partial charge in [-0.2, -0.15) is 0 Å². The van der Waals surface area contributed by atoms with Crippen LogP contribution in [0, 0.1) is 0 Å². The summed E-state index contributed by atoms with van der Waals surface area (Å²) in [4.78, 5) is 13.9. The minimum absolute atomic E-state index is 0.206. The first kappa shape index (κ1) is 13.5. The molecular formula is C16H13ClN2O2. The number of anilines is 2. The zero-order valence-corrected chi connectivity index (χ0v) is 12.1. The topological polar surface area (TPSA) is 55.6 Å². The third-order valence-electron chi connectivity index (χ3n) is 3.25. The van der Waals surface area contributed by atoms with Crippen LogP contribution in [0.4, 0.5) is 11.4 Å². The van der Waals surface area contributed by atoms with Crippen molar-refractivity contribution >= 4 is 35.0 Å². The fourth-order valence-corrected chi connectivity index (χ4v) is 2.25. The molecule has 3 rings (SSSR count). The average molecular weight is 301 g/mol. The molecule has 1 aliphatic heterocycles. The number of nitrogens with two attached hydrogens (primary N) is 1. The van der Waals surface area contributed by atoms with Gasteiger partial charge in [-0.15, -0.1) is 0 Å². The van der Waals surface area contributed by atoms with Crippen LogP contribution in [0.15, 0.2) is 48.2 Å². The highest BCUT2D eigenvalue weighted by Crippen LogP contribution is 2.36. The van der Waals surface area contributed by atoms with Crippen molar-refractivity contribution in [2.45, 2.75) is 0 Å². The van der Waals surface area contributed by atoms with Gasteiger partial charge in [-0.25, -0.2) is 0 Å². The third-order valence-corrected chi connectivity index (χ3v) is 3.50. The first-order valence-electron chi connectivity index (χ1n) is 6.37. The van der Waals surface area contributed by atoms with Crippen LogP contribution in [-0.2, 0) is 4.79 Å². The van der Waals surface area contributed by atoms with Gasteiger partial charge >= 0.3 is 0 Å². The molecule has 1 aliphatic rings. The summed E-state index contributed by atoms with van der Waals surface area (Å²) in [5, 5.41) is 0.642. The number of rotatable bonds is 1. The number of fused-ring (bicyclic) bond motifs is 1. The number of halogens is 1. The summed E-state index contributed by atoms with van der Waals surface area (Å²) in [7, 11) is 1.70. The van der Waals surface area contributed by atoms with Gasteiger partial charge < -0.3 is 15.4 Å². The standard InChI is InChI=1S/C16H13ClN2O2/c1-19-13-7-6-12(18)9-14(13)21-15(16(19)20)8-10-2-4-11(17)5-3-10/h2-9H,18H2,1H3/b15-8+. The Morgan fingerprint density at radius 1 is 1.19 bits per heavy atom. The molecule has 21 heavy (non-hydrogen) atoms. The van der Waals surface area contributed by atoms with Crippen molar-refractivity contribution in [2.75, 3.05) is 17.7 Å². The summed E-state index contributed by atoms with van der Waals surface area (Å²) in [6, 6.07) is 12.4. The summed E-state index contributed by atoms with van der Waals surface area (Å²) in [6.45, 7) is 0. The molecule has 0 bridgehead atoms. The molecule has 0 saturated carbocycles. The summed E-state index contributed by atoms with van der Waals surface area (Å²) in [5.74, 6) is 0.609. The van der Waals surface area contributed by atoms with Crippen molar-refractivity contribution in [3.63, 3.8) is 0 Å². The summed E-state index contributed by atoms with van der Waals surface area (Å²) in [5.41, 5.74) is 7.88. The molecule has 0 unspecified atom stereocenters. The Balaban J connectivity index is 2.01. The van der Waals surface area contributed by atoms with Crippen LogP contribution < -0.4 is 15.4 Å². The van der Waals surface area contributed by atoms with Gasteiger partial charge in [0.2, 0.25) is 0 Å². The maximum absolute atomic E-state index is 12.3. The molecule has 0 aromatic heterocycles. The SMILES string of the molecule is CN1C(=O)/C(=C\c2ccc(Cl)cc2)Oc2cc(N)ccc21. The molecule has 2 N–H and O–H groups in total. The van der Waals surface area contributed by atoms with E-state index in [4.69, 9.17) is 22.1 Å². The van der Waals surface area contributed by atoms with E-state index in [1.165, 1.54) is 0 Å². The van der Waals surface area contributed by atoms with Crippen LogP contribution >= 0.6 is 11.6 Å². The normalized spacial score (nSPS) is 15.8. The maximum atomic E-state index is 12.3. The van der Waals surface area contributed by atoms with Crippen LogP contribution in [0.25, 0.3) is 6.08 Å². The zero-order chi connectivity index (χ0) is 15.0. The van der Waals surface area contributed by atoms with Gasteiger partial charge in [0.05, 0.1) is 5.69 Å². The van der Waals surface area contributed by atoms with Gasteiger partial charge in [-0.05, 0) is 35.9 Å².